The third-order valence-electron chi connectivity index (χ3n) is 4.76. The number of carbonyl (C=O) groups excluding carboxylic acids is 3. The molecule has 142 valence electrons. The number of methoxy groups -OCH3 is 1. The number of rotatable bonds is 8. The number of carbonyl (C=O) groups is 3. The third kappa shape index (κ3) is 6.17. The molecule has 0 bridgehead atoms. The molecule has 0 spiro atoms. The Hall–Kier alpha value is -2.37. The van der Waals surface area contributed by atoms with Crippen LogP contribution in [0, 0.1) is 5.92 Å². The summed E-state index contributed by atoms with van der Waals surface area (Å²) in [7, 11) is 1.39. The highest BCUT2D eigenvalue weighted by Gasteiger charge is 2.27. The van der Waals surface area contributed by atoms with E-state index < -0.39 is 0 Å². The fourth-order valence-corrected chi connectivity index (χ4v) is 3.14. The average Bonchev–Trinajstić information content (AvgIpc) is 2.70. The molecule has 6 heteroatoms. The summed E-state index contributed by atoms with van der Waals surface area (Å²) in [5.41, 5.74) is 0.697. The van der Waals surface area contributed by atoms with E-state index in [4.69, 9.17) is 0 Å². The smallest absolute Gasteiger partial charge is 0.305 e. The predicted molar refractivity (Wildman–Crippen MR) is 98.6 cm³/mol. The number of unbranched alkanes of at least 4 members (excludes halogenated alkanes) is 2. The van der Waals surface area contributed by atoms with E-state index in [0.29, 0.717) is 44.5 Å². The molecule has 1 N–H and O–H groups in total. The molecule has 1 aromatic carbocycles. The van der Waals surface area contributed by atoms with Crippen molar-refractivity contribution in [2.75, 3.05) is 26.7 Å². The number of nitrogens with one attached hydrogen (secondary N) is 1. The van der Waals surface area contributed by atoms with Gasteiger partial charge in [0.25, 0.3) is 5.91 Å². The summed E-state index contributed by atoms with van der Waals surface area (Å²) in [6.07, 6.45) is 4.36. The van der Waals surface area contributed by atoms with Crippen LogP contribution >= 0.6 is 0 Å². The van der Waals surface area contributed by atoms with Crippen LogP contribution in [0.3, 0.4) is 0 Å². The second-order valence-corrected chi connectivity index (χ2v) is 6.61. The molecule has 0 aromatic heterocycles. The van der Waals surface area contributed by atoms with E-state index in [1.165, 1.54) is 7.11 Å². The zero-order chi connectivity index (χ0) is 18.8. The molecule has 0 atom stereocenters. The summed E-state index contributed by atoms with van der Waals surface area (Å²) >= 11 is 0. The van der Waals surface area contributed by atoms with Crippen molar-refractivity contribution in [2.45, 2.75) is 38.5 Å². The topological polar surface area (TPSA) is 75.7 Å². The van der Waals surface area contributed by atoms with Crippen LogP contribution in [-0.2, 0) is 14.3 Å². The lowest BCUT2D eigenvalue weighted by molar-refractivity contribution is -0.140. The first-order chi connectivity index (χ1) is 12.6. The lowest BCUT2D eigenvalue weighted by Gasteiger charge is -2.31. The van der Waals surface area contributed by atoms with Crippen LogP contribution in [0.4, 0.5) is 0 Å². The number of likely N-dealkylation sites (tertiary alicyclic amines) is 1. The number of benzene rings is 1. The zero-order valence-electron chi connectivity index (χ0n) is 15.4. The first kappa shape index (κ1) is 19.9. The minimum Gasteiger partial charge on any atom is -0.469 e. The summed E-state index contributed by atoms with van der Waals surface area (Å²) in [4.78, 5) is 37.5. The maximum absolute atomic E-state index is 12.4. The van der Waals surface area contributed by atoms with Gasteiger partial charge in [0.05, 0.1) is 7.11 Å². The minimum absolute atomic E-state index is 0.0232. The molecule has 1 aliphatic rings. The van der Waals surface area contributed by atoms with Crippen LogP contribution in [0.15, 0.2) is 30.3 Å². The summed E-state index contributed by atoms with van der Waals surface area (Å²) < 4.78 is 4.59. The van der Waals surface area contributed by atoms with Gasteiger partial charge in [-0.2, -0.15) is 0 Å². The maximum atomic E-state index is 12.4. The van der Waals surface area contributed by atoms with Crippen LogP contribution in [-0.4, -0.2) is 49.4 Å². The van der Waals surface area contributed by atoms with Gasteiger partial charge in [-0.15, -0.1) is 0 Å². The predicted octanol–water partition coefficient (Wildman–Crippen LogP) is 2.39. The van der Waals surface area contributed by atoms with E-state index in [1.807, 2.05) is 35.2 Å². The number of nitrogens with zero attached hydrogens (tertiary/aromatic N) is 1. The van der Waals surface area contributed by atoms with Gasteiger partial charge in [0, 0.05) is 37.5 Å². The SMILES string of the molecule is COC(=O)CCCCCNC(=O)C1CCN(C(=O)c2ccccc2)CC1. The molecule has 0 saturated carbocycles. The van der Waals surface area contributed by atoms with Crippen molar-refractivity contribution in [1.82, 2.24) is 10.2 Å². The number of amides is 2. The second kappa shape index (κ2) is 10.6. The van der Waals surface area contributed by atoms with Gasteiger partial charge in [-0.3, -0.25) is 14.4 Å². The Balaban J connectivity index is 1.62. The van der Waals surface area contributed by atoms with Crippen molar-refractivity contribution in [3.63, 3.8) is 0 Å². The first-order valence-electron chi connectivity index (χ1n) is 9.30. The molecule has 6 nitrogen and oxygen atoms in total. The minimum atomic E-state index is -0.189. The average molecular weight is 360 g/mol. The van der Waals surface area contributed by atoms with E-state index in [2.05, 4.69) is 10.1 Å². The number of esters is 1. The summed E-state index contributed by atoms with van der Waals surface area (Å²) in [5, 5.41) is 2.97. The molecule has 2 amide bonds. The van der Waals surface area contributed by atoms with Crippen molar-refractivity contribution in [2.24, 2.45) is 5.92 Å². The highest BCUT2D eigenvalue weighted by atomic mass is 16.5. The van der Waals surface area contributed by atoms with Crippen LogP contribution in [0.2, 0.25) is 0 Å². The van der Waals surface area contributed by atoms with Crippen LogP contribution in [0.5, 0.6) is 0 Å². The highest BCUT2D eigenvalue weighted by molar-refractivity contribution is 5.94. The van der Waals surface area contributed by atoms with Crippen LogP contribution in [0.1, 0.15) is 48.9 Å². The Morgan fingerprint density at radius 2 is 1.77 bits per heavy atom. The Morgan fingerprint density at radius 3 is 2.42 bits per heavy atom. The van der Waals surface area contributed by atoms with Crippen molar-refractivity contribution < 1.29 is 19.1 Å². The van der Waals surface area contributed by atoms with Gasteiger partial charge in [0.15, 0.2) is 0 Å². The molecule has 1 saturated heterocycles. The van der Waals surface area contributed by atoms with Gasteiger partial charge in [-0.1, -0.05) is 24.6 Å². The number of piperidine rings is 1. The molecule has 1 aliphatic heterocycles. The van der Waals surface area contributed by atoms with Crippen molar-refractivity contribution in [3.8, 4) is 0 Å². The number of hydrogen-bond donors (Lipinski definition) is 1. The van der Waals surface area contributed by atoms with E-state index >= 15 is 0 Å². The van der Waals surface area contributed by atoms with Gasteiger partial charge in [-0.05, 0) is 37.8 Å². The van der Waals surface area contributed by atoms with Crippen LogP contribution in [0.25, 0.3) is 0 Å². The molecule has 0 radical (unpaired) electrons. The van der Waals surface area contributed by atoms with Gasteiger partial charge < -0.3 is 15.0 Å². The third-order valence-corrected chi connectivity index (χ3v) is 4.76. The van der Waals surface area contributed by atoms with E-state index in [9.17, 15) is 14.4 Å². The molecular weight excluding hydrogens is 332 g/mol. The summed E-state index contributed by atoms with van der Waals surface area (Å²) in [6.45, 7) is 1.86. The van der Waals surface area contributed by atoms with Gasteiger partial charge in [-0.25, -0.2) is 0 Å². The molecule has 1 aromatic rings. The summed E-state index contributed by atoms with van der Waals surface area (Å²) in [6, 6.07) is 9.25. The monoisotopic (exact) mass is 360 g/mol. The Kier molecular flexibility index (Phi) is 8.12. The number of ether oxygens (including phenoxy) is 1. The quantitative estimate of drug-likeness (QED) is 0.570. The van der Waals surface area contributed by atoms with Crippen molar-refractivity contribution in [3.05, 3.63) is 35.9 Å². The number of hydrogen-bond acceptors (Lipinski definition) is 4. The van der Waals surface area contributed by atoms with Gasteiger partial charge >= 0.3 is 5.97 Å². The molecule has 1 fully saturated rings. The zero-order valence-corrected chi connectivity index (χ0v) is 15.4. The van der Waals surface area contributed by atoms with E-state index in [1.54, 1.807) is 0 Å². The van der Waals surface area contributed by atoms with Crippen LogP contribution < -0.4 is 5.32 Å². The fourth-order valence-electron chi connectivity index (χ4n) is 3.14. The molecule has 0 unspecified atom stereocenters. The van der Waals surface area contributed by atoms with Gasteiger partial charge in [0.1, 0.15) is 0 Å². The Morgan fingerprint density at radius 1 is 1.08 bits per heavy atom. The maximum Gasteiger partial charge on any atom is 0.305 e. The normalized spacial score (nSPS) is 14.7. The van der Waals surface area contributed by atoms with E-state index in [-0.39, 0.29) is 23.7 Å². The lowest BCUT2D eigenvalue weighted by Crippen LogP contribution is -2.43. The first-order valence-corrected chi connectivity index (χ1v) is 9.30. The summed E-state index contributed by atoms with van der Waals surface area (Å²) in [5.74, 6) is -0.101. The highest BCUT2D eigenvalue weighted by Crippen LogP contribution is 2.19. The van der Waals surface area contributed by atoms with Gasteiger partial charge in [0.2, 0.25) is 5.91 Å². The molecule has 1 heterocycles. The Bertz CT molecular complexity index is 595. The second-order valence-electron chi connectivity index (χ2n) is 6.61. The van der Waals surface area contributed by atoms with E-state index in [0.717, 1.165) is 19.3 Å². The molecule has 26 heavy (non-hydrogen) atoms. The fraction of sp³-hybridized carbons (Fsp3) is 0.550. The molecular formula is C20H28N2O4. The van der Waals surface area contributed by atoms with Crippen molar-refractivity contribution in [1.29, 1.82) is 0 Å². The largest absolute Gasteiger partial charge is 0.469 e. The molecule has 0 aliphatic carbocycles. The Labute approximate surface area is 154 Å². The van der Waals surface area contributed by atoms with Crippen molar-refractivity contribution >= 4 is 17.8 Å². The standard InChI is InChI=1S/C20H28N2O4/c1-26-18(23)10-6-3-7-13-21-19(24)16-11-14-22(15-12-16)20(25)17-8-4-2-5-9-17/h2,4-5,8-9,16H,3,6-7,10-15H2,1H3,(H,21,24). The lowest BCUT2D eigenvalue weighted by atomic mass is 9.95. The molecule has 2 rings (SSSR count).